The van der Waals surface area contributed by atoms with Crippen molar-refractivity contribution in [1.29, 1.82) is 0 Å². The maximum absolute atomic E-state index is 8.74. The maximum atomic E-state index is 8.74. The molecule has 5 nitrogen and oxygen atoms in total. The van der Waals surface area contributed by atoms with Crippen molar-refractivity contribution >= 4 is 5.69 Å². The Hall–Kier alpha value is -1.88. The van der Waals surface area contributed by atoms with Crippen molar-refractivity contribution in [3.63, 3.8) is 0 Å². The van der Waals surface area contributed by atoms with E-state index in [4.69, 9.17) is 10.8 Å². The smallest absolute Gasteiger partial charge is 0.181 e. The summed E-state index contributed by atoms with van der Waals surface area (Å²) in [6.45, 7) is 0.509. The van der Waals surface area contributed by atoms with Crippen LogP contribution in [-0.4, -0.2) is 26.5 Å². The summed E-state index contributed by atoms with van der Waals surface area (Å²) in [5.41, 5.74) is 7.23. The lowest BCUT2D eigenvalue weighted by Crippen LogP contribution is -2.02. The van der Waals surface area contributed by atoms with Crippen LogP contribution in [0.1, 0.15) is 0 Å². The summed E-state index contributed by atoms with van der Waals surface area (Å²) in [7, 11) is 0. The number of hydrogen-bond acceptors (Lipinski definition) is 4. The largest absolute Gasteiger partial charge is 0.399 e. The van der Waals surface area contributed by atoms with Crippen LogP contribution in [0.5, 0.6) is 0 Å². The van der Waals surface area contributed by atoms with E-state index >= 15 is 0 Å². The number of nitrogens with zero attached hydrogens (tertiary/aromatic N) is 3. The first-order chi connectivity index (χ1) is 7.29. The van der Waals surface area contributed by atoms with Crippen molar-refractivity contribution in [1.82, 2.24) is 14.8 Å². The predicted molar refractivity (Wildman–Crippen MR) is 57.0 cm³/mol. The highest BCUT2D eigenvalue weighted by molar-refractivity contribution is 5.60. The highest BCUT2D eigenvalue weighted by Crippen LogP contribution is 2.16. The van der Waals surface area contributed by atoms with Crippen molar-refractivity contribution < 1.29 is 5.11 Å². The molecule has 0 bridgehead atoms. The minimum Gasteiger partial charge on any atom is -0.399 e. The average molecular weight is 204 g/mol. The number of nitrogens with two attached hydrogens (primary N) is 1. The van der Waals surface area contributed by atoms with Crippen molar-refractivity contribution in [2.75, 3.05) is 12.3 Å². The molecule has 0 aliphatic carbocycles. The first kappa shape index (κ1) is 9.67. The molecule has 0 fully saturated rings. The zero-order chi connectivity index (χ0) is 10.7. The van der Waals surface area contributed by atoms with Gasteiger partial charge in [-0.1, -0.05) is 12.1 Å². The number of aromatic nitrogens is 3. The number of benzene rings is 1. The molecule has 5 heteroatoms. The Morgan fingerprint density at radius 1 is 1.40 bits per heavy atom. The monoisotopic (exact) mass is 204 g/mol. The van der Waals surface area contributed by atoms with Crippen LogP contribution in [0.4, 0.5) is 5.69 Å². The average Bonchev–Trinajstić information content (AvgIpc) is 2.67. The van der Waals surface area contributed by atoms with Gasteiger partial charge >= 0.3 is 0 Å². The molecule has 78 valence electrons. The van der Waals surface area contributed by atoms with Gasteiger partial charge < -0.3 is 10.8 Å². The van der Waals surface area contributed by atoms with Crippen LogP contribution in [0.25, 0.3) is 11.4 Å². The van der Waals surface area contributed by atoms with Gasteiger partial charge in [0.2, 0.25) is 0 Å². The molecule has 1 aromatic heterocycles. The lowest BCUT2D eigenvalue weighted by atomic mass is 10.2. The number of anilines is 1. The van der Waals surface area contributed by atoms with E-state index < -0.39 is 0 Å². The number of hydrogen-bond donors (Lipinski definition) is 2. The van der Waals surface area contributed by atoms with Crippen molar-refractivity contribution in [2.45, 2.75) is 6.54 Å². The van der Waals surface area contributed by atoms with E-state index in [1.165, 1.54) is 0 Å². The highest BCUT2D eigenvalue weighted by atomic mass is 16.3. The Morgan fingerprint density at radius 2 is 2.27 bits per heavy atom. The molecule has 2 aromatic rings. The summed E-state index contributed by atoms with van der Waals surface area (Å²) < 4.78 is 1.60. The fourth-order valence-electron chi connectivity index (χ4n) is 1.31. The topological polar surface area (TPSA) is 77.0 Å². The lowest BCUT2D eigenvalue weighted by molar-refractivity contribution is 0.269. The second kappa shape index (κ2) is 4.10. The third kappa shape index (κ3) is 2.13. The van der Waals surface area contributed by atoms with E-state index in [1.807, 2.05) is 24.3 Å². The maximum Gasteiger partial charge on any atom is 0.181 e. The van der Waals surface area contributed by atoms with Gasteiger partial charge in [0, 0.05) is 11.3 Å². The quantitative estimate of drug-likeness (QED) is 0.714. The van der Waals surface area contributed by atoms with Gasteiger partial charge in [-0.2, -0.15) is 5.10 Å². The van der Waals surface area contributed by atoms with Gasteiger partial charge in [0.05, 0.1) is 13.2 Å². The lowest BCUT2D eigenvalue weighted by Gasteiger charge is -1.97. The van der Waals surface area contributed by atoms with E-state index in [0.29, 0.717) is 18.1 Å². The Labute approximate surface area is 87.2 Å². The zero-order valence-corrected chi connectivity index (χ0v) is 8.17. The zero-order valence-electron chi connectivity index (χ0n) is 8.17. The van der Waals surface area contributed by atoms with E-state index in [-0.39, 0.29) is 6.61 Å². The van der Waals surface area contributed by atoms with Gasteiger partial charge in [-0.25, -0.2) is 4.98 Å². The van der Waals surface area contributed by atoms with Crippen molar-refractivity contribution in [2.24, 2.45) is 0 Å². The highest BCUT2D eigenvalue weighted by Gasteiger charge is 2.03. The number of aliphatic hydroxyl groups excluding tert-OH is 1. The SMILES string of the molecule is Nc1cccc(-c2ncn(CCO)n2)c1. The third-order valence-electron chi connectivity index (χ3n) is 2.01. The standard InChI is InChI=1S/C10H12N4O/c11-9-3-1-2-8(6-9)10-12-7-14(13-10)4-5-15/h1-3,6-7,15H,4-5,11H2. The molecule has 15 heavy (non-hydrogen) atoms. The number of aliphatic hydroxyl groups is 1. The van der Waals surface area contributed by atoms with Gasteiger partial charge in [0.25, 0.3) is 0 Å². The molecule has 0 radical (unpaired) electrons. The van der Waals surface area contributed by atoms with E-state index in [0.717, 1.165) is 5.56 Å². The molecule has 0 spiro atoms. The van der Waals surface area contributed by atoms with E-state index in [2.05, 4.69) is 10.1 Å². The first-order valence-electron chi connectivity index (χ1n) is 4.66. The van der Waals surface area contributed by atoms with E-state index in [1.54, 1.807) is 11.0 Å². The van der Waals surface area contributed by atoms with E-state index in [9.17, 15) is 0 Å². The van der Waals surface area contributed by atoms with Crippen LogP contribution < -0.4 is 5.73 Å². The molecular formula is C10H12N4O. The molecule has 0 unspecified atom stereocenters. The van der Waals surface area contributed by atoms with Crippen LogP contribution in [-0.2, 0) is 6.54 Å². The molecule has 2 rings (SSSR count). The minimum absolute atomic E-state index is 0.0553. The van der Waals surface area contributed by atoms with Crippen LogP contribution in [0.2, 0.25) is 0 Å². The Kier molecular flexibility index (Phi) is 2.64. The molecule has 3 N–H and O–H groups in total. The molecule has 0 aliphatic heterocycles. The minimum atomic E-state index is 0.0553. The first-order valence-corrected chi connectivity index (χ1v) is 4.66. The number of nitrogen functional groups attached to an aromatic ring is 1. The van der Waals surface area contributed by atoms with Gasteiger partial charge in [-0.15, -0.1) is 0 Å². The molecule has 0 saturated heterocycles. The summed E-state index contributed by atoms with van der Waals surface area (Å²) in [5.74, 6) is 0.621. The van der Waals surface area contributed by atoms with Crippen molar-refractivity contribution in [3.05, 3.63) is 30.6 Å². The summed E-state index contributed by atoms with van der Waals surface area (Å²) in [4.78, 5) is 4.13. The van der Waals surface area contributed by atoms with Gasteiger partial charge in [0.1, 0.15) is 6.33 Å². The fourth-order valence-corrected chi connectivity index (χ4v) is 1.31. The van der Waals surface area contributed by atoms with Crippen LogP contribution in [0, 0.1) is 0 Å². The molecule has 1 heterocycles. The van der Waals surface area contributed by atoms with Gasteiger partial charge in [-0.05, 0) is 12.1 Å². The molecule has 0 amide bonds. The summed E-state index contributed by atoms with van der Waals surface area (Å²) >= 11 is 0. The molecular weight excluding hydrogens is 192 g/mol. The molecule has 1 aromatic carbocycles. The van der Waals surface area contributed by atoms with Crippen LogP contribution in [0.15, 0.2) is 30.6 Å². The fraction of sp³-hybridized carbons (Fsp3) is 0.200. The Morgan fingerprint density at radius 3 is 3.00 bits per heavy atom. The number of rotatable bonds is 3. The summed E-state index contributed by atoms with van der Waals surface area (Å²) in [6, 6.07) is 7.39. The normalized spacial score (nSPS) is 10.5. The van der Waals surface area contributed by atoms with Gasteiger partial charge in [0.15, 0.2) is 5.82 Å². The molecule has 0 atom stereocenters. The summed E-state index contributed by atoms with van der Waals surface area (Å²) in [5, 5.41) is 12.9. The Bertz CT molecular complexity index is 452. The van der Waals surface area contributed by atoms with Crippen molar-refractivity contribution in [3.8, 4) is 11.4 Å². The van der Waals surface area contributed by atoms with Crippen LogP contribution >= 0.6 is 0 Å². The molecule has 0 aliphatic rings. The second-order valence-electron chi connectivity index (χ2n) is 3.18. The molecule has 0 saturated carbocycles. The summed E-state index contributed by atoms with van der Waals surface area (Å²) in [6.07, 6.45) is 1.59. The Balaban J connectivity index is 2.29. The third-order valence-corrected chi connectivity index (χ3v) is 2.01. The second-order valence-corrected chi connectivity index (χ2v) is 3.18. The van der Waals surface area contributed by atoms with Crippen LogP contribution in [0.3, 0.4) is 0 Å². The van der Waals surface area contributed by atoms with Gasteiger partial charge in [-0.3, -0.25) is 4.68 Å². The predicted octanol–water partition coefficient (Wildman–Crippen LogP) is 0.520.